The highest BCUT2D eigenvalue weighted by atomic mass is 19.1. The molecule has 1 aromatic carbocycles. The van der Waals surface area contributed by atoms with Gasteiger partial charge in [-0.25, -0.2) is 4.39 Å². The number of piperidine rings is 1. The molecule has 0 amide bonds. The van der Waals surface area contributed by atoms with E-state index in [1.54, 1.807) is 13.2 Å². The maximum absolute atomic E-state index is 14.3. The van der Waals surface area contributed by atoms with Crippen LogP contribution in [0.2, 0.25) is 0 Å². The first kappa shape index (κ1) is 16.2. The minimum Gasteiger partial charge on any atom is -0.380 e. The van der Waals surface area contributed by atoms with Crippen LogP contribution in [0.25, 0.3) is 0 Å². The van der Waals surface area contributed by atoms with Crippen LogP contribution in [-0.2, 0) is 11.3 Å². The van der Waals surface area contributed by atoms with Crippen LogP contribution in [0.15, 0.2) is 18.2 Å². The van der Waals surface area contributed by atoms with Gasteiger partial charge < -0.3 is 15.0 Å². The maximum atomic E-state index is 14.3. The Bertz CT molecular complexity index is 450. The van der Waals surface area contributed by atoms with Gasteiger partial charge in [0.05, 0.1) is 11.8 Å². The fraction of sp³-hybridized carbons (Fsp3) is 0.647. The summed E-state index contributed by atoms with van der Waals surface area (Å²) in [5.41, 5.74) is 1.70. The molecule has 1 saturated heterocycles. The Morgan fingerprint density at radius 2 is 2.24 bits per heavy atom. The van der Waals surface area contributed by atoms with Crippen molar-refractivity contribution < 1.29 is 9.13 Å². The number of hydrogen-bond donors (Lipinski definition) is 1. The average Bonchev–Trinajstić information content (AvgIpc) is 2.47. The van der Waals surface area contributed by atoms with Crippen molar-refractivity contribution in [3.63, 3.8) is 0 Å². The van der Waals surface area contributed by atoms with Gasteiger partial charge in [0, 0.05) is 26.7 Å². The molecule has 1 aliphatic heterocycles. The average molecular weight is 294 g/mol. The van der Waals surface area contributed by atoms with Gasteiger partial charge in [0.15, 0.2) is 0 Å². The number of halogens is 1. The van der Waals surface area contributed by atoms with E-state index < -0.39 is 0 Å². The highest BCUT2D eigenvalue weighted by Gasteiger charge is 2.21. The number of nitrogens with zero attached hydrogens (tertiary/aromatic N) is 1. The predicted molar refractivity (Wildman–Crippen MR) is 85.2 cm³/mol. The van der Waals surface area contributed by atoms with Gasteiger partial charge in [-0.2, -0.15) is 0 Å². The summed E-state index contributed by atoms with van der Waals surface area (Å²) in [7, 11) is 1.73. The number of anilines is 1. The lowest BCUT2D eigenvalue weighted by Gasteiger charge is -2.33. The zero-order chi connectivity index (χ0) is 15.2. The summed E-state index contributed by atoms with van der Waals surface area (Å²) in [6, 6.07) is 5.57. The van der Waals surface area contributed by atoms with E-state index in [0.717, 1.165) is 44.6 Å². The van der Waals surface area contributed by atoms with Gasteiger partial charge in [-0.3, -0.25) is 0 Å². The van der Waals surface area contributed by atoms with E-state index >= 15 is 0 Å². The Hall–Kier alpha value is -1.13. The van der Waals surface area contributed by atoms with Crippen molar-refractivity contribution in [2.75, 3.05) is 31.6 Å². The molecule has 1 heterocycles. The number of benzene rings is 1. The van der Waals surface area contributed by atoms with Gasteiger partial charge in [-0.1, -0.05) is 19.9 Å². The second kappa shape index (κ2) is 7.76. The van der Waals surface area contributed by atoms with Gasteiger partial charge in [0.1, 0.15) is 5.82 Å². The van der Waals surface area contributed by atoms with E-state index in [0.29, 0.717) is 11.6 Å². The number of hydrogen-bond acceptors (Lipinski definition) is 3. The SMILES string of the molecule is COC1CCCN(c2ccc(CNCC(C)C)cc2F)C1. The third-order valence-electron chi connectivity index (χ3n) is 3.95. The van der Waals surface area contributed by atoms with Crippen molar-refractivity contribution in [3.8, 4) is 0 Å². The number of nitrogens with one attached hydrogen (secondary N) is 1. The van der Waals surface area contributed by atoms with Gasteiger partial charge in [0.2, 0.25) is 0 Å². The molecule has 3 nitrogen and oxygen atoms in total. The third kappa shape index (κ3) is 4.68. The topological polar surface area (TPSA) is 24.5 Å². The van der Waals surface area contributed by atoms with E-state index in [1.807, 2.05) is 12.1 Å². The first-order chi connectivity index (χ1) is 10.1. The van der Waals surface area contributed by atoms with Crippen molar-refractivity contribution in [2.24, 2.45) is 5.92 Å². The van der Waals surface area contributed by atoms with Crippen LogP contribution in [0.3, 0.4) is 0 Å². The zero-order valence-electron chi connectivity index (χ0n) is 13.4. The van der Waals surface area contributed by atoms with Crippen molar-refractivity contribution >= 4 is 5.69 Å². The third-order valence-corrected chi connectivity index (χ3v) is 3.95. The van der Waals surface area contributed by atoms with Gasteiger partial charge in [-0.15, -0.1) is 0 Å². The molecule has 0 radical (unpaired) electrons. The first-order valence-electron chi connectivity index (χ1n) is 7.87. The summed E-state index contributed by atoms with van der Waals surface area (Å²) < 4.78 is 19.7. The van der Waals surface area contributed by atoms with E-state index in [4.69, 9.17) is 4.74 Å². The molecule has 1 unspecified atom stereocenters. The van der Waals surface area contributed by atoms with E-state index in [9.17, 15) is 4.39 Å². The number of rotatable bonds is 6. The summed E-state index contributed by atoms with van der Waals surface area (Å²) >= 11 is 0. The molecule has 1 atom stereocenters. The molecule has 21 heavy (non-hydrogen) atoms. The molecule has 0 aromatic heterocycles. The van der Waals surface area contributed by atoms with Crippen LogP contribution >= 0.6 is 0 Å². The molecule has 1 aliphatic rings. The highest BCUT2D eigenvalue weighted by Crippen LogP contribution is 2.25. The molecular weight excluding hydrogens is 267 g/mol. The number of methoxy groups -OCH3 is 1. The summed E-state index contributed by atoms with van der Waals surface area (Å²) in [6.45, 7) is 7.68. The normalized spacial score (nSPS) is 19.3. The molecule has 1 aromatic rings. The summed E-state index contributed by atoms with van der Waals surface area (Å²) in [5, 5.41) is 3.34. The van der Waals surface area contributed by atoms with E-state index in [-0.39, 0.29) is 11.9 Å². The second-order valence-electron chi connectivity index (χ2n) is 6.26. The van der Waals surface area contributed by atoms with Crippen LogP contribution in [0.4, 0.5) is 10.1 Å². The van der Waals surface area contributed by atoms with Crippen LogP contribution in [-0.4, -0.2) is 32.8 Å². The summed E-state index contributed by atoms with van der Waals surface area (Å²) in [5.74, 6) is 0.476. The van der Waals surface area contributed by atoms with Crippen molar-refractivity contribution in [1.29, 1.82) is 0 Å². The smallest absolute Gasteiger partial charge is 0.146 e. The molecule has 118 valence electrons. The molecule has 1 N–H and O–H groups in total. The molecule has 4 heteroatoms. The maximum Gasteiger partial charge on any atom is 0.146 e. The fourth-order valence-electron chi connectivity index (χ4n) is 2.77. The molecule has 0 bridgehead atoms. The quantitative estimate of drug-likeness (QED) is 0.872. The van der Waals surface area contributed by atoms with Crippen molar-refractivity contribution in [1.82, 2.24) is 5.32 Å². The minimum atomic E-state index is -0.129. The monoisotopic (exact) mass is 294 g/mol. The van der Waals surface area contributed by atoms with Gasteiger partial charge in [-0.05, 0) is 43.0 Å². The lowest BCUT2D eigenvalue weighted by Crippen LogP contribution is -2.39. The highest BCUT2D eigenvalue weighted by molar-refractivity contribution is 5.49. The van der Waals surface area contributed by atoms with Crippen LogP contribution in [0, 0.1) is 11.7 Å². The van der Waals surface area contributed by atoms with E-state index in [2.05, 4.69) is 24.1 Å². The van der Waals surface area contributed by atoms with Gasteiger partial charge in [0.25, 0.3) is 0 Å². The van der Waals surface area contributed by atoms with Crippen LogP contribution in [0.5, 0.6) is 0 Å². The van der Waals surface area contributed by atoms with E-state index in [1.165, 1.54) is 0 Å². The molecule has 0 aliphatic carbocycles. The van der Waals surface area contributed by atoms with Gasteiger partial charge >= 0.3 is 0 Å². The minimum absolute atomic E-state index is 0.129. The lowest BCUT2D eigenvalue weighted by atomic mass is 10.1. The van der Waals surface area contributed by atoms with Crippen molar-refractivity contribution in [3.05, 3.63) is 29.6 Å². The van der Waals surface area contributed by atoms with Crippen LogP contribution in [0.1, 0.15) is 32.3 Å². The molecule has 0 spiro atoms. The molecule has 2 rings (SSSR count). The Kier molecular flexibility index (Phi) is 6.00. The number of ether oxygens (including phenoxy) is 1. The Morgan fingerprint density at radius 1 is 1.43 bits per heavy atom. The van der Waals surface area contributed by atoms with Crippen molar-refractivity contribution in [2.45, 2.75) is 39.3 Å². The zero-order valence-corrected chi connectivity index (χ0v) is 13.4. The Labute approximate surface area is 127 Å². The standard InChI is InChI=1S/C17H27FN2O/c1-13(2)10-19-11-14-6-7-17(16(18)9-14)20-8-4-5-15(12-20)21-3/h6-7,9,13,15,19H,4-5,8,10-12H2,1-3H3. The Morgan fingerprint density at radius 3 is 2.90 bits per heavy atom. The molecular formula is C17H27FN2O. The summed E-state index contributed by atoms with van der Waals surface area (Å²) in [6.07, 6.45) is 2.33. The Balaban J connectivity index is 1.98. The van der Waals surface area contributed by atoms with Crippen LogP contribution < -0.4 is 10.2 Å². The summed E-state index contributed by atoms with van der Waals surface area (Å²) in [4.78, 5) is 2.10. The fourth-order valence-corrected chi connectivity index (χ4v) is 2.77. The first-order valence-corrected chi connectivity index (χ1v) is 7.87. The lowest BCUT2D eigenvalue weighted by molar-refractivity contribution is 0.0892. The predicted octanol–water partition coefficient (Wildman–Crippen LogP) is 3.19. The molecule has 0 saturated carbocycles. The second-order valence-corrected chi connectivity index (χ2v) is 6.26. The largest absolute Gasteiger partial charge is 0.380 e. The molecule has 1 fully saturated rings.